The molecule has 0 aliphatic carbocycles. The van der Waals surface area contributed by atoms with Crippen LogP contribution in [-0.4, -0.2) is 54.3 Å². The van der Waals surface area contributed by atoms with E-state index >= 15 is 0 Å². The van der Waals surface area contributed by atoms with Gasteiger partial charge in [-0.05, 0) is 57.0 Å². The molecule has 5 rings (SSSR count). The number of aryl methyl sites for hydroxylation is 1. The zero-order valence-electron chi connectivity index (χ0n) is 19.0. The van der Waals surface area contributed by atoms with Gasteiger partial charge in [0.05, 0.1) is 29.2 Å². The van der Waals surface area contributed by atoms with Gasteiger partial charge in [0.25, 0.3) is 5.91 Å². The number of thiophene rings is 1. The van der Waals surface area contributed by atoms with Crippen molar-refractivity contribution in [1.82, 2.24) is 20.6 Å². The van der Waals surface area contributed by atoms with E-state index in [1.807, 2.05) is 6.92 Å². The van der Waals surface area contributed by atoms with Crippen LogP contribution in [0, 0.1) is 12.7 Å². The average Bonchev–Trinajstić information content (AvgIpc) is 3.37. The predicted molar refractivity (Wildman–Crippen MR) is 130 cm³/mol. The summed E-state index contributed by atoms with van der Waals surface area (Å²) in [7, 11) is 0. The van der Waals surface area contributed by atoms with Crippen LogP contribution in [0.15, 0.2) is 24.5 Å². The van der Waals surface area contributed by atoms with E-state index in [9.17, 15) is 9.18 Å². The summed E-state index contributed by atoms with van der Waals surface area (Å²) in [6, 6.07) is 4.53. The Hall–Kier alpha value is -2.82. The lowest BCUT2D eigenvalue weighted by Crippen LogP contribution is -2.35. The molecular weight excluding hydrogens is 457 g/mol. The molecule has 180 valence electrons. The highest BCUT2D eigenvalue weighted by atomic mass is 32.1. The quantitative estimate of drug-likeness (QED) is 0.487. The first-order valence-electron chi connectivity index (χ1n) is 11.6. The van der Waals surface area contributed by atoms with Gasteiger partial charge in [-0.3, -0.25) is 4.79 Å². The molecule has 2 saturated heterocycles. The predicted octanol–water partition coefficient (Wildman–Crippen LogP) is 3.92. The van der Waals surface area contributed by atoms with Crippen molar-refractivity contribution < 1.29 is 18.7 Å². The van der Waals surface area contributed by atoms with Crippen molar-refractivity contribution in [3.63, 3.8) is 0 Å². The van der Waals surface area contributed by atoms with Gasteiger partial charge in [-0.1, -0.05) is 0 Å². The molecule has 4 heterocycles. The highest BCUT2D eigenvalue weighted by Crippen LogP contribution is 2.37. The Balaban J connectivity index is 1.41. The molecule has 1 aromatic carbocycles. The van der Waals surface area contributed by atoms with Gasteiger partial charge < -0.3 is 25.4 Å². The second-order valence-electron chi connectivity index (χ2n) is 8.68. The lowest BCUT2D eigenvalue weighted by Gasteiger charge is -2.17. The summed E-state index contributed by atoms with van der Waals surface area (Å²) in [5.41, 5.74) is 1.41. The molecule has 3 aromatic rings. The largest absolute Gasteiger partial charge is 0.486 e. The molecule has 0 radical (unpaired) electrons. The van der Waals surface area contributed by atoms with Gasteiger partial charge in [0.15, 0.2) is 0 Å². The summed E-state index contributed by atoms with van der Waals surface area (Å²) < 4.78 is 25.4. The Bertz CT molecular complexity index is 1170. The molecule has 2 aliphatic rings. The lowest BCUT2D eigenvalue weighted by molar-refractivity contribution is 0.0937. The summed E-state index contributed by atoms with van der Waals surface area (Å²) in [5, 5.41) is 10.6. The van der Waals surface area contributed by atoms with Crippen molar-refractivity contribution in [3.8, 4) is 5.75 Å². The molecule has 1 amide bonds. The maximum atomic E-state index is 14.0. The monoisotopic (exact) mass is 485 g/mol. The second-order valence-corrected chi connectivity index (χ2v) is 9.68. The van der Waals surface area contributed by atoms with E-state index in [1.165, 1.54) is 29.8 Å². The molecule has 8 nitrogen and oxygen atoms in total. The van der Waals surface area contributed by atoms with Crippen LogP contribution in [-0.2, 0) is 4.74 Å². The van der Waals surface area contributed by atoms with Crippen molar-refractivity contribution in [3.05, 3.63) is 40.8 Å². The first-order chi connectivity index (χ1) is 16.6. The van der Waals surface area contributed by atoms with Crippen LogP contribution >= 0.6 is 11.3 Å². The zero-order chi connectivity index (χ0) is 23.5. The number of anilines is 2. The van der Waals surface area contributed by atoms with Crippen LogP contribution in [0.4, 0.5) is 15.9 Å². The number of amides is 1. The zero-order valence-corrected chi connectivity index (χ0v) is 19.8. The van der Waals surface area contributed by atoms with E-state index in [-0.39, 0.29) is 23.9 Å². The number of carbonyl (C=O) groups excluding carboxylic acids is 1. The van der Waals surface area contributed by atoms with Crippen molar-refractivity contribution >= 4 is 39.0 Å². The van der Waals surface area contributed by atoms with E-state index in [0.717, 1.165) is 54.6 Å². The number of benzene rings is 1. The Labute approximate surface area is 201 Å². The van der Waals surface area contributed by atoms with Crippen molar-refractivity contribution in [1.29, 1.82) is 0 Å². The van der Waals surface area contributed by atoms with Gasteiger partial charge in [-0.2, -0.15) is 0 Å². The number of aromatic nitrogens is 2. The van der Waals surface area contributed by atoms with Crippen LogP contribution in [0.25, 0.3) is 10.2 Å². The van der Waals surface area contributed by atoms with Gasteiger partial charge in [0.1, 0.15) is 34.6 Å². The highest BCUT2D eigenvalue weighted by Gasteiger charge is 2.23. The molecule has 10 heteroatoms. The molecule has 0 bridgehead atoms. The SMILES string of the molecule is Cc1c(C(=O)NC2CCCNCC2)sc2ncnc(Nc3ccc(F)cc3OC3CCOC3)c12. The Morgan fingerprint density at radius 1 is 1.26 bits per heavy atom. The minimum atomic E-state index is -0.383. The van der Waals surface area contributed by atoms with E-state index in [4.69, 9.17) is 9.47 Å². The van der Waals surface area contributed by atoms with Gasteiger partial charge in [0.2, 0.25) is 0 Å². The Kier molecular flexibility index (Phi) is 6.89. The summed E-state index contributed by atoms with van der Waals surface area (Å²) >= 11 is 1.36. The number of nitrogens with one attached hydrogen (secondary N) is 3. The number of fused-ring (bicyclic) bond motifs is 1. The normalized spacial score (nSPS) is 20.8. The van der Waals surface area contributed by atoms with Crippen LogP contribution in [0.3, 0.4) is 0 Å². The molecule has 2 atom stereocenters. The maximum absolute atomic E-state index is 14.0. The van der Waals surface area contributed by atoms with Crippen LogP contribution in [0.5, 0.6) is 5.75 Å². The summed E-state index contributed by atoms with van der Waals surface area (Å²) in [6.07, 6.45) is 5.03. The summed E-state index contributed by atoms with van der Waals surface area (Å²) in [4.78, 5) is 23.3. The van der Waals surface area contributed by atoms with Crippen molar-refractivity contribution in [2.24, 2.45) is 0 Å². The summed E-state index contributed by atoms with van der Waals surface area (Å²) in [5.74, 6) is 0.489. The number of carbonyl (C=O) groups is 1. The van der Waals surface area contributed by atoms with Crippen molar-refractivity contribution in [2.45, 2.75) is 44.8 Å². The number of ether oxygens (including phenoxy) is 2. The van der Waals surface area contributed by atoms with Gasteiger partial charge in [-0.25, -0.2) is 14.4 Å². The molecule has 2 aliphatic heterocycles. The molecule has 3 N–H and O–H groups in total. The average molecular weight is 486 g/mol. The number of rotatable bonds is 6. The molecule has 34 heavy (non-hydrogen) atoms. The first kappa shape index (κ1) is 22.9. The van der Waals surface area contributed by atoms with Gasteiger partial charge in [0, 0.05) is 18.5 Å². The fourth-order valence-electron chi connectivity index (χ4n) is 4.41. The van der Waals surface area contributed by atoms with Crippen LogP contribution < -0.4 is 20.7 Å². The molecule has 0 spiro atoms. The van der Waals surface area contributed by atoms with Crippen LogP contribution in [0.1, 0.15) is 40.9 Å². The third-order valence-electron chi connectivity index (χ3n) is 6.22. The second kappa shape index (κ2) is 10.2. The summed E-state index contributed by atoms with van der Waals surface area (Å²) in [6.45, 7) is 4.92. The molecule has 2 aromatic heterocycles. The van der Waals surface area contributed by atoms with E-state index in [1.54, 1.807) is 6.07 Å². The molecule has 2 unspecified atom stereocenters. The smallest absolute Gasteiger partial charge is 0.261 e. The molecule has 2 fully saturated rings. The fraction of sp³-hybridized carbons (Fsp3) is 0.458. The Morgan fingerprint density at radius 3 is 3.03 bits per heavy atom. The highest BCUT2D eigenvalue weighted by molar-refractivity contribution is 7.20. The van der Waals surface area contributed by atoms with E-state index in [2.05, 4.69) is 25.9 Å². The number of halogens is 1. The maximum Gasteiger partial charge on any atom is 0.261 e. The standard InChI is InChI=1S/C24H28FN5O3S/c1-14-20-22(30-18-5-4-15(25)11-19(18)33-17-7-10-32-12-17)27-13-28-24(20)34-21(14)23(31)29-16-3-2-8-26-9-6-16/h4-5,11,13,16-17,26H,2-3,6-10,12H2,1H3,(H,29,31)(H,27,28,30). The third kappa shape index (κ3) is 4.98. The minimum absolute atomic E-state index is 0.0783. The third-order valence-corrected chi connectivity index (χ3v) is 7.42. The minimum Gasteiger partial charge on any atom is -0.486 e. The van der Waals surface area contributed by atoms with Gasteiger partial charge in [-0.15, -0.1) is 11.3 Å². The fourth-order valence-corrected chi connectivity index (χ4v) is 5.46. The lowest BCUT2D eigenvalue weighted by atomic mass is 10.1. The molecule has 0 saturated carbocycles. The van der Waals surface area contributed by atoms with E-state index < -0.39 is 0 Å². The topological polar surface area (TPSA) is 97.4 Å². The van der Waals surface area contributed by atoms with Crippen LogP contribution in [0.2, 0.25) is 0 Å². The number of hydrogen-bond acceptors (Lipinski definition) is 8. The van der Waals surface area contributed by atoms with E-state index in [0.29, 0.717) is 35.3 Å². The number of nitrogens with zero attached hydrogens (tertiary/aromatic N) is 2. The molecular formula is C24H28FN5O3S. The first-order valence-corrected chi connectivity index (χ1v) is 12.5. The number of hydrogen-bond donors (Lipinski definition) is 3. The van der Waals surface area contributed by atoms with Gasteiger partial charge >= 0.3 is 0 Å². The Morgan fingerprint density at radius 2 is 2.18 bits per heavy atom. The van der Waals surface area contributed by atoms with Crippen molar-refractivity contribution in [2.75, 3.05) is 31.6 Å².